The monoisotopic (exact) mass is 251 g/mol. The molecule has 1 amide bonds. The van der Waals surface area contributed by atoms with E-state index in [2.05, 4.69) is 5.32 Å². The maximum absolute atomic E-state index is 11.7. The molecule has 1 saturated heterocycles. The van der Waals surface area contributed by atoms with Crippen molar-refractivity contribution in [3.63, 3.8) is 0 Å². The fourth-order valence-corrected chi connectivity index (χ4v) is 3.15. The molecule has 3 nitrogen and oxygen atoms in total. The number of hydrogen-bond acceptors (Lipinski definition) is 3. The number of rotatable bonds is 4. The Balaban J connectivity index is 1.76. The Morgan fingerprint density at radius 1 is 1.53 bits per heavy atom. The van der Waals surface area contributed by atoms with Gasteiger partial charge < -0.3 is 10.4 Å². The number of carbonyl (C=O) groups excluding carboxylic acids is 1. The molecule has 2 rings (SSSR count). The third kappa shape index (κ3) is 3.97. The molecule has 4 heteroatoms. The van der Waals surface area contributed by atoms with Crippen LogP contribution in [0.3, 0.4) is 0 Å². The molecule has 0 bridgehead atoms. The fraction of sp³-hybridized carbons (Fsp3) is 0.462. The fourth-order valence-electron chi connectivity index (χ4n) is 1.95. The van der Waals surface area contributed by atoms with Crippen LogP contribution in [0.1, 0.15) is 18.4 Å². The van der Waals surface area contributed by atoms with Gasteiger partial charge in [0, 0.05) is 11.8 Å². The van der Waals surface area contributed by atoms with Crippen molar-refractivity contribution in [1.82, 2.24) is 5.32 Å². The van der Waals surface area contributed by atoms with Gasteiger partial charge in [0.2, 0.25) is 5.91 Å². The summed E-state index contributed by atoms with van der Waals surface area (Å²) >= 11 is 1.94. The molecule has 0 aliphatic carbocycles. The highest BCUT2D eigenvalue weighted by Gasteiger charge is 2.16. The number of phenolic OH excluding ortho intramolecular Hbond substituents is 1. The number of carbonyl (C=O) groups is 1. The molecule has 17 heavy (non-hydrogen) atoms. The van der Waals surface area contributed by atoms with E-state index < -0.39 is 0 Å². The number of phenols is 1. The van der Waals surface area contributed by atoms with Crippen molar-refractivity contribution in [3.05, 3.63) is 29.8 Å². The molecule has 92 valence electrons. The first-order valence-corrected chi connectivity index (χ1v) is 6.95. The Bertz CT molecular complexity index is 389. The zero-order valence-corrected chi connectivity index (χ0v) is 10.5. The Labute approximate surface area is 106 Å². The molecular formula is C13H17NO2S. The van der Waals surface area contributed by atoms with E-state index in [0.717, 1.165) is 12.1 Å². The molecule has 1 aromatic carbocycles. The molecular weight excluding hydrogens is 234 g/mol. The van der Waals surface area contributed by atoms with Crippen LogP contribution in [0.15, 0.2) is 24.3 Å². The van der Waals surface area contributed by atoms with Crippen molar-refractivity contribution in [1.29, 1.82) is 0 Å². The molecule has 1 unspecified atom stereocenters. The summed E-state index contributed by atoms with van der Waals surface area (Å²) in [6, 6.07) is 6.84. The maximum atomic E-state index is 11.7. The molecule has 0 spiro atoms. The first kappa shape index (κ1) is 12.3. The van der Waals surface area contributed by atoms with Gasteiger partial charge in [0.25, 0.3) is 0 Å². The van der Waals surface area contributed by atoms with Crippen LogP contribution in [-0.4, -0.2) is 28.6 Å². The minimum atomic E-state index is 0.0306. The van der Waals surface area contributed by atoms with Crippen LogP contribution in [0.2, 0.25) is 0 Å². The van der Waals surface area contributed by atoms with Crippen molar-refractivity contribution in [2.45, 2.75) is 24.5 Å². The average molecular weight is 251 g/mol. The van der Waals surface area contributed by atoms with Crippen LogP contribution in [0.25, 0.3) is 0 Å². The van der Waals surface area contributed by atoms with Crippen LogP contribution >= 0.6 is 11.8 Å². The molecule has 1 atom stereocenters. The summed E-state index contributed by atoms with van der Waals surface area (Å²) in [5.41, 5.74) is 0.849. The summed E-state index contributed by atoms with van der Waals surface area (Å²) in [5, 5.41) is 12.8. The van der Waals surface area contributed by atoms with Gasteiger partial charge in [0.1, 0.15) is 5.75 Å². The third-order valence-corrected chi connectivity index (χ3v) is 4.22. The number of thioether (sulfide) groups is 1. The second-order valence-electron chi connectivity index (χ2n) is 4.29. The van der Waals surface area contributed by atoms with Gasteiger partial charge in [-0.1, -0.05) is 12.1 Å². The van der Waals surface area contributed by atoms with E-state index in [-0.39, 0.29) is 11.7 Å². The van der Waals surface area contributed by atoms with Gasteiger partial charge in [-0.25, -0.2) is 0 Å². The van der Waals surface area contributed by atoms with E-state index in [1.54, 1.807) is 18.2 Å². The van der Waals surface area contributed by atoms with Crippen LogP contribution < -0.4 is 5.32 Å². The molecule has 0 radical (unpaired) electrons. The first-order chi connectivity index (χ1) is 8.24. The highest BCUT2D eigenvalue weighted by molar-refractivity contribution is 8.00. The molecule has 0 aromatic heterocycles. The van der Waals surface area contributed by atoms with Gasteiger partial charge in [-0.2, -0.15) is 11.8 Å². The molecule has 2 N–H and O–H groups in total. The predicted octanol–water partition coefficient (Wildman–Crippen LogP) is 1.95. The van der Waals surface area contributed by atoms with Crippen LogP contribution in [0.5, 0.6) is 5.75 Å². The topological polar surface area (TPSA) is 49.3 Å². The summed E-state index contributed by atoms with van der Waals surface area (Å²) in [6.07, 6.45) is 2.81. The van der Waals surface area contributed by atoms with Gasteiger partial charge in [-0.3, -0.25) is 4.79 Å². The van der Waals surface area contributed by atoms with Crippen molar-refractivity contribution in [2.75, 3.05) is 12.3 Å². The maximum Gasteiger partial charge on any atom is 0.224 e. The highest BCUT2D eigenvalue weighted by atomic mass is 32.2. The lowest BCUT2D eigenvalue weighted by atomic mass is 10.1. The molecule has 1 aliphatic heterocycles. The lowest BCUT2D eigenvalue weighted by Gasteiger charge is -2.10. The average Bonchev–Trinajstić information content (AvgIpc) is 2.79. The zero-order chi connectivity index (χ0) is 12.1. The van der Waals surface area contributed by atoms with Crippen molar-refractivity contribution in [3.8, 4) is 5.75 Å². The summed E-state index contributed by atoms with van der Waals surface area (Å²) in [7, 11) is 0. The number of nitrogens with one attached hydrogen (secondary N) is 1. The van der Waals surface area contributed by atoms with Crippen LogP contribution in [0, 0.1) is 0 Å². The lowest BCUT2D eigenvalue weighted by molar-refractivity contribution is -0.120. The molecule has 0 saturated carbocycles. The number of hydrogen-bond donors (Lipinski definition) is 2. The Morgan fingerprint density at radius 3 is 3.12 bits per heavy atom. The summed E-state index contributed by atoms with van der Waals surface area (Å²) in [5.74, 6) is 1.46. The predicted molar refractivity (Wildman–Crippen MR) is 70.3 cm³/mol. The summed E-state index contributed by atoms with van der Waals surface area (Å²) in [6.45, 7) is 0.766. The zero-order valence-electron chi connectivity index (χ0n) is 9.69. The van der Waals surface area contributed by atoms with Crippen molar-refractivity contribution >= 4 is 17.7 Å². The van der Waals surface area contributed by atoms with E-state index in [1.807, 2.05) is 17.8 Å². The summed E-state index contributed by atoms with van der Waals surface area (Å²) in [4.78, 5) is 11.7. The number of amides is 1. The van der Waals surface area contributed by atoms with Crippen LogP contribution in [-0.2, 0) is 11.2 Å². The second kappa shape index (κ2) is 5.96. The van der Waals surface area contributed by atoms with Crippen molar-refractivity contribution < 1.29 is 9.90 Å². The number of benzene rings is 1. The van der Waals surface area contributed by atoms with Gasteiger partial charge in [0.15, 0.2) is 0 Å². The van der Waals surface area contributed by atoms with Gasteiger partial charge in [-0.15, -0.1) is 0 Å². The Hall–Kier alpha value is -1.16. The smallest absolute Gasteiger partial charge is 0.224 e. The van der Waals surface area contributed by atoms with E-state index in [9.17, 15) is 9.90 Å². The van der Waals surface area contributed by atoms with E-state index in [4.69, 9.17) is 0 Å². The van der Waals surface area contributed by atoms with Gasteiger partial charge in [-0.05, 0) is 36.3 Å². The van der Waals surface area contributed by atoms with Gasteiger partial charge in [0.05, 0.1) is 6.42 Å². The van der Waals surface area contributed by atoms with Crippen LogP contribution in [0.4, 0.5) is 0 Å². The quantitative estimate of drug-likeness (QED) is 0.860. The second-order valence-corrected chi connectivity index (χ2v) is 5.69. The normalized spacial score (nSPS) is 19.2. The van der Waals surface area contributed by atoms with E-state index in [0.29, 0.717) is 11.7 Å². The standard InChI is InChI=1S/C13H17NO2S/c15-11-4-1-3-10(7-11)8-13(16)14-9-12-5-2-6-17-12/h1,3-4,7,12,15H,2,5-6,8-9H2,(H,14,16). The molecule has 1 aromatic rings. The highest BCUT2D eigenvalue weighted by Crippen LogP contribution is 2.25. The van der Waals surface area contributed by atoms with E-state index in [1.165, 1.54) is 18.6 Å². The van der Waals surface area contributed by atoms with Crippen molar-refractivity contribution in [2.24, 2.45) is 0 Å². The number of aromatic hydroxyl groups is 1. The minimum absolute atomic E-state index is 0.0306. The lowest BCUT2D eigenvalue weighted by Crippen LogP contribution is -2.30. The van der Waals surface area contributed by atoms with E-state index >= 15 is 0 Å². The Kier molecular flexibility index (Phi) is 4.31. The van der Waals surface area contributed by atoms with Gasteiger partial charge >= 0.3 is 0 Å². The minimum Gasteiger partial charge on any atom is -0.508 e. The SMILES string of the molecule is O=C(Cc1cccc(O)c1)NCC1CCCS1. The molecule has 1 heterocycles. The molecule has 1 aliphatic rings. The molecule has 1 fully saturated rings. The largest absolute Gasteiger partial charge is 0.508 e. The first-order valence-electron chi connectivity index (χ1n) is 5.90. The summed E-state index contributed by atoms with van der Waals surface area (Å²) < 4.78 is 0. The third-order valence-electron chi connectivity index (χ3n) is 2.83. The Morgan fingerprint density at radius 2 is 2.41 bits per heavy atom.